The summed E-state index contributed by atoms with van der Waals surface area (Å²) in [5, 5.41) is 3.21. The normalized spacial score (nSPS) is 10.5. The van der Waals surface area contributed by atoms with Gasteiger partial charge in [-0.05, 0) is 12.1 Å². The van der Waals surface area contributed by atoms with Crippen molar-refractivity contribution < 1.29 is 4.74 Å². The topological polar surface area (TPSA) is 85.1 Å². The van der Waals surface area contributed by atoms with Gasteiger partial charge in [-0.15, -0.1) is 0 Å². The predicted molar refractivity (Wildman–Crippen MR) is 84.4 cm³/mol. The van der Waals surface area contributed by atoms with Gasteiger partial charge in [-0.25, -0.2) is 15.8 Å². The molecule has 2 rings (SSSR count). The van der Waals surface area contributed by atoms with Crippen LogP contribution in [0.25, 0.3) is 0 Å². The molecule has 0 spiro atoms. The van der Waals surface area contributed by atoms with Crippen molar-refractivity contribution in [2.24, 2.45) is 5.84 Å². The summed E-state index contributed by atoms with van der Waals surface area (Å²) in [5.74, 6) is 8.60. The Morgan fingerprint density at radius 1 is 1.14 bits per heavy atom. The molecule has 0 saturated heterocycles. The molecule has 0 amide bonds. The second-order valence-corrected chi connectivity index (χ2v) is 4.88. The molecule has 0 bridgehead atoms. The van der Waals surface area contributed by atoms with Crippen LogP contribution in [0.2, 0.25) is 0 Å². The summed E-state index contributed by atoms with van der Waals surface area (Å²) in [6.07, 6.45) is 0. The first-order valence-electron chi connectivity index (χ1n) is 6.96. The van der Waals surface area contributed by atoms with Crippen molar-refractivity contribution in [2.75, 3.05) is 23.9 Å². The number of anilines is 2. The van der Waals surface area contributed by atoms with Crippen LogP contribution >= 0.6 is 0 Å². The zero-order valence-corrected chi connectivity index (χ0v) is 12.3. The quantitative estimate of drug-likeness (QED) is 0.412. The van der Waals surface area contributed by atoms with Gasteiger partial charge in [0.1, 0.15) is 29.8 Å². The summed E-state index contributed by atoms with van der Waals surface area (Å²) in [7, 11) is 0. The number of benzene rings is 1. The maximum atomic E-state index is 5.62. The number of rotatable bonds is 7. The van der Waals surface area contributed by atoms with Crippen LogP contribution in [-0.2, 0) is 0 Å². The Morgan fingerprint density at radius 3 is 2.52 bits per heavy atom. The van der Waals surface area contributed by atoms with Crippen LogP contribution < -0.4 is 21.3 Å². The number of nitrogens with two attached hydrogens (primary N) is 1. The van der Waals surface area contributed by atoms with Gasteiger partial charge in [0.05, 0.1) is 6.54 Å². The van der Waals surface area contributed by atoms with Crippen LogP contribution in [0.1, 0.15) is 25.6 Å². The van der Waals surface area contributed by atoms with E-state index in [4.69, 9.17) is 10.6 Å². The zero-order chi connectivity index (χ0) is 15.1. The molecule has 0 aliphatic rings. The van der Waals surface area contributed by atoms with E-state index in [1.165, 1.54) is 0 Å². The van der Waals surface area contributed by atoms with Crippen molar-refractivity contribution >= 4 is 11.6 Å². The highest BCUT2D eigenvalue weighted by Gasteiger charge is 2.07. The SMILES string of the molecule is CC(C)c1nc(NN)cc(NCCOc2ccccc2)n1. The summed E-state index contributed by atoms with van der Waals surface area (Å²) < 4.78 is 5.62. The third-order valence-corrected chi connectivity index (χ3v) is 2.83. The van der Waals surface area contributed by atoms with Gasteiger partial charge in [0.2, 0.25) is 0 Å². The third kappa shape index (κ3) is 4.61. The van der Waals surface area contributed by atoms with Gasteiger partial charge in [-0.2, -0.15) is 0 Å². The lowest BCUT2D eigenvalue weighted by Crippen LogP contribution is -2.15. The lowest BCUT2D eigenvalue weighted by molar-refractivity contribution is 0.332. The number of para-hydroxylation sites is 1. The van der Waals surface area contributed by atoms with Crippen LogP contribution in [-0.4, -0.2) is 23.1 Å². The lowest BCUT2D eigenvalue weighted by Gasteiger charge is -2.12. The van der Waals surface area contributed by atoms with Crippen LogP contribution in [0.3, 0.4) is 0 Å². The molecular weight excluding hydrogens is 266 g/mol. The van der Waals surface area contributed by atoms with Crippen molar-refractivity contribution in [3.63, 3.8) is 0 Å². The van der Waals surface area contributed by atoms with Crippen LogP contribution in [0.15, 0.2) is 36.4 Å². The summed E-state index contributed by atoms with van der Waals surface area (Å²) in [4.78, 5) is 8.76. The maximum absolute atomic E-state index is 5.62. The highest BCUT2D eigenvalue weighted by molar-refractivity contribution is 5.47. The van der Waals surface area contributed by atoms with Crippen molar-refractivity contribution in [2.45, 2.75) is 19.8 Å². The molecule has 2 aromatic rings. The first-order valence-corrected chi connectivity index (χ1v) is 6.96. The molecule has 0 saturated carbocycles. The first kappa shape index (κ1) is 15.1. The molecule has 0 aliphatic heterocycles. The minimum Gasteiger partial charge on any atom is -0.492 e. The molecule has 0 radical (unpaired) electrons. The number of nitrogen functional groups attached to an aromatic ring is 1. The van der Waals surface area contributed by atoms with Crippen molar-refractivity contribution in [3.8, 4) is 5.75 Å². The van der Waals surface area contributed by atoms with Gasteiger partial charge in [-0.3, -0.25) is 0 Å². The molecule has 4 N–H and O–H groups in total. The minimum absolute atomic E-state index is 0.236. The molecule has 21 heavy (non-hydrogen) atoms. The second-order valence-electron chi connectivity index (χ2n) is 4.88. The summed E-state index contributed by atoms with van der Waals surface area (Å²) in [6.45, 7) is 5.28. The Bertz CT molecular complexity index is 559. The number of nitrogens with one attached hydrogen (secondary N) is 2. The number of nitrogens with zero attached hydrogens (tertiary/aromatic N) is 2. The molecule has 0 aliphatic carbocycles. The van der Waals surface area contributed by atoms with Gasteiger partial charge in [-0.1, -0.05) is 32.0 Å². The molecule has 6 heteroatoms. The molecular formula is C15H21N5O. The molecule has 0 fully saturated rings. The molecule has 1 heterocycles. The Kier molecular flexibility index (Phi) is 5.34. The monoisotopic (exact) mass is 287 g/mol. The third-order valence-electron chi connectivity index (χ3n) is 2.83. The fraction of sp³-hybridized carbons (Fsp3) is 0.333. The summed E-state index contributed by atoms with van der Waals surface area (Å²) in [6, 6.07) is 11.5. The van der Waals surface area contributed by atoms with E-state index in [9.17, 15) is 0 Å². The van der Waals surface area contributed by atoms with E-state index in [0.29, 0.717) is 19.0 Å². The Hall–Kier alpha value is -2.34. The van der Waals surface area contributed by atoms with E-state index in [1.54, 1.807) is 6.07 Å². The Morgan fingerprint density at radius 2 is 1.86 bits per heavy atom. The standard InChI is InChI=1S/C15H21N5O/c1-11(2)15-18-13(10-14(19-15)20-16)17-8-9-21-12-6-4-3-5-7-12/h3-7,10-11H,8-9,16H2,1-2H3,(H2,17,18,19,20). The van der Waals surface area contributed by atoms with Crippen LogP contribution in [0.5, 0.6) is 5.75 Å². The lowest BCUT2D eigenvalue weighted by atomic mass is 10.2. The molecule has 0 unspecified atom stereocenters. The number of hydrogen-bond acceptors (Lipinski definition) is 6. The highest BCUT2D eigenvalue weighted by Crippen LogP contribution is 2.16. The number of hydrogen-bond donors (Lipinski definition) is 3. The predicted octanol–water partition coefficient (Wildman–Crippen LogP) is 2.38. The highest BCUT2D eigenvalue weighted by atomic mass is 16.5. The molecule has 1 aromatic carbocycles. The number of hydrazine groups is 1. The Labute approximate surface area is 124 Å². The summed E-state index contributed by atoms with van der Waals surface area (Å²) >= 11 is 0. The smallest absolute Gasteiger partial charge is 0.145 e. The van der Waals surface area contributed by atoms with Crippen LogP contribution in [0.4, 0.5) is 11.6 Å². The van der Waals surface area contributed by atoms with E-state index in [-0.39, 0.29) is 5.92 Å². The van der Waals surface area contributed by atoms with Crippen molar-refractivity contribution in [1.29, 1.82) is 0 Å². The average molecular weight is 287 g/mol. The van der Waals surface area contributed by atoms with E-state index < -0.39 is 0 Å². The largest absolute Gasteiger partial charge is 0.492 e. The van der Waals surface area contributed by atoms with Crippen LogP contribution in [0, 0.1) is 0 Å². The van der Waals surface area contributed by atoms with Gasteiger partial charge in [0, 0.05) is 12.0 Å². The van der Waals surface area contributed by atoms with Gasteiger partial charge in [0.15, 0.2) is 0 Å². The van der Waals surface area contributed by atoms with Crippen molar-refractivity contribution in [3.05, 3.63) is 42.2 Å². The van der Waals surface area contributed by atoms with Gasteiger partial charge < -0.3 is 15.5 Å². The fourth-order valence-corrected chi connectivity index (χ4v) is 1.75. The van der Waals surface area contributed by atoms with E-state index in [1.807, 2.05) is 44.2 Å². The molecule has 6 nitrogen and oxygen atoms in total. The summed E-state index contributed by atoms with van der Waals surface area (Å²) in [5.41, 5.74) is 2.56. The number of ether oxygens (including phenoxy) is 1. The van der Waals surface area contributed by atoms with Gasteiger partial charge >= 0.3 is 0 Å². The number of aromatic nitrogens is 2. The molecule has 112 valence electrons. The average Bonchev–Trinajstić information content (AvgIpc) is 2.52. The van der Waals surface area contributed by atoms with Crippen molar-refractivity contribution in [1.82, 2.24) is 9.97 Å². The molecule has 0 atom stereocenters. The van der Waals surface area contributed by atoms with E-state index >= 15 is 0 Å². The fourth-order valence-electron chi connectivity index (χ4n) is 1.75. The second kappa shape index (κ2) is 7.44. The van der Waals surface area contributed by atoms with Gasteiger partial charge in [0.25, 0.3) is 0 Å². The Balaban J connectivity index is 1.89. The first-order chi connectivity index (χ1) is 10.2. The van der Waals surface area contributed by atoms with E-state index in [0.717, 1.165) is 17.4 Å². The maximum Gasteiger partial charge on any atom is 0.145 e. The zero-order valence-electron chi connectivity index (χ0n) is 12.3. The minimum atomic E-state index is 0.236. The van der Waals surface area contributed by atoms with E-state index in [2.05, 4.69) is 20.7 Å². The molecule has 1 aromatic heterocycles.